The number of anilines is 1. The number of amides is 1. The average molecular weight is 512 g/mol. The predicted octanol–water partition coefficient (Wildman–Crippen LogP) is 5.15. The van der Waals surface area contributed by atoms with Crippen LogP contribution in [0.3, 0.4) is 0 Å². The summed E-state index contributed by atoms with van der Waals surface area (Å²) in [5.74, 6) is 1.53. The van der Waals surface area contributed by atoms with Crippen molar-refractivity contribution in [2.24, 2.45) is 13.0 Å². The third kappa shape index (κ3) is 4.73. The van der Waals surface area contributed by atoms with Crippen LogP contribution in [0.1, 0.15) is 72.0 Å². The van der Waals surface area contributed by atoms with E-state index in [1.165, 1.54) is 24.8 Å². The second kappa shape index (κ2) is 9.98. The van der Waals surface area contributed by atoms with Gasteiger partial charge in [0.05, 0.1) is 11.0 Å². The van der Waals surface area contributed by atoms with Crippen LogP contribution in [-0.2, 0) is 25.4 Å². The average Bonchev–Trinajstić information content (AvgIpc) is 3.46. The minimum atomic E-state index is -0.172. The molecule has 198 valence electrons. The number of hydrogen-bond donors (Lipinski definition) is 2. The van der Waals surface area contributed by atoms with Gasteiger partial charge in [-0.2, -0.15) is 0 Å². The Kier molecular flexibility index (Phi) is 6.51. The Labute approximate surface area is 223 Å². The molecule has 1 amide bonds. The van der Waals surface area contributed by atoms with Crippen molar-refractivity contribution in [2.45, 2.75) is 64.3 Å². The monoisotopic (exact) mass is 511 g/mol. The van der Waals surface area contributed by atoms with Gasteiger partial charge in [-0.1, -0.05) is 25.5 Å². The summed E-state index contributed by atoms with van der Waals surface area (Å²) in [5, 5.41) is 11.5. The van der Waals surface area contributed by atoms with Crippen molar-refractivity contribution in [3.05, 3.63) is 71.1 Å². The zero-order chi connectivity index (χ0) is 26.3. The third-order valence-electron chi connectivity index (χ3n) is 8.62. The number of carbonyl (C=O) groups excluding carboxylic acids is 1. The van der Waals surface area contributed by atoms with Gasteiger partial charge < -0.3 is 14.9 Å². The summed E-state index contributed by atoms with van der Waals surface area (Å²) < 4.78 is 2.00. The molecule has 0 unspecified atom stereocenters. The van der Waals surface area contributed by atoms with Crippen LogP contribution in [-0.4, -0.2) is 48.6 Å². The third-order valence-corrected chi connectivity index (χ3v) is 8.62. The molecule has 2 fully saturated rings. The molecule has 0 bridgehead atoms. The quantitative estimate of drug-likeness (QED) is 0.358. The number of carbonyl (C=O) groups is 1. The lowest BCUT2D eigenvalue weighted by Gasteiger charge is -2.42. The summed E-state index contributed by atoms with van der Waals surface area (Å²) in [6, 6.07) is 10.3. The second-order valence-corrected chi connectivity index (χ2v) is 11.5. The van der Waals surface area contributed by atoms with Crippen LogP contribution in [0, 0.1) is 12.8 Å². The molecule has 1 aromatic carbocycles. The molecule has 4 aromatic rings. The number of hydrogen-bond acceptors (Lipinski definition) is 5. The molecule has 8 nitrogen and oxygen atoms in total. The number of nitrogens with one attached hydrogen (secondary N) is 2. The molecule has 1 saturated heterocycles. The molecule has 1 aliphatic heterocycles. The van der Waals surface area contributed by atoms with Crippen LogP contribution in [0.15, 0.2) is 42.9 Å². The first kappa shape index (κ1) is 24.8. The van der Waals surface area contributed by atoms with Gasteiger partial charge in [-0.15, -0.1) is 10.2 Å². The Hall–Kier alpha value is -3.52. The molecule has 1 saturated carbocycles. The van der Waals surface area contributed by atoms with E-state index in [4.69, 9.17) is 4.98 Å². The lowest BCUT2D eigenvalue weighted by Crippen LogP contribution is -2.37. The summed E-state index contributed by atoms with van der Waals surface area (Å²) in [6.07, 6.45) is 10.5. The fraction of sp³-hybridized carbons (Fsp3) is 0.467. The first-order valence-corrected chi connectivity index (χ1v) is 13.8. The van der Waals surface area contributed by atoms with E-state index in [0.29, 0.717) is 11.6 Å². The number of pyridine rings is 1. The van der Waals surface area contributed by atoms with Crippen molar-refractivity contribution in [3.8, 4) is 0 Å². The molecule has 3 aromatic heterocycles. The summed E-state index contributed by atoms with van der Waals surface area (Å²) in [6.45, 7) is 7.37. The van der Waals surface area contributed by atoms with Crippen LogP contribution in [0.2, 0.25) is 0 Å². The lowest BCUT2D eigenvalue weighted by atomic mass is 9.62. The maximum Gasteiger partial charge on any atom is 0.274 e. The van der Waals surface area contributed by atoms with Gasteiger partial charge >= 0.3 is 0 Å². The number of nitrogens with zero attached hydrogens (tertiary/aromatic N) is 5. The Morgan fingerprint density at radius 1 is 1.24 bits per heavy atom. The molecule has 2 aliphatic rings. The zero-order valence-electron chi connectivity index (χ0n) is 22.6. The second-order valence-electron chi connectivity index (χ2n) is 11.5. The highest BCUT2D eigenvalue weighted by Crippen LogP contribution is 2.46. The summed E-state index contributed by atoms with van der Waals surface area (Å²) in [4.78, 5) is 24.2. The molecular weight excluding hydrogens is 474 g/mol. The van der Waals surface area contributed by atoms with Gasteiger partial charge in [-0.05, 0) is 80.0 Å². The summed E-state index contributed by atoms with van der Waals surface area (Å²) in [5.41, 5.74) is 6.65. The van der Waals surface area contributed by atoms with E-state index in [1.54, 1.807) is 6.33 Å². The fourth-order valence-electron chi connectivity index (χ4n) is 6.27. The Morgan fingerprint density at radius 3 is 2.84 bits per heavy atom. The highest BCUT2D eigenvalue weighted by atomic mass is 16.1. The van der Waals surface area contributed by atoms with E-state index < -0.39 is 0 Å². The van der Waals surface area contributed by atoms with Crippen molar-refractivity contribution >= 4 is 22.6 Å². The first-order chi connectivity index (χ1) is 18.4. The first-order valence-electron chi connectivity index (χ1n) is 13.8. The van der Waals surface area contributed by atoms with Crippen LogP contribution in [0.4, 0.5) is 5.69 Å². The van der Waals surface area contributed by atoms with Gasteiger partial charge in [0.15, 0.2) is 0 Å². The highest BCUT2D eigenvalue weighted by Gasteiger charge is 2.40. The molecule has 2 N–H and O–H groups in total. The summed E-state index contributed by atoms with van der Waals surface area (Å²) >= 11 is 0. The molecule has 6 rings (SSSR count). The molecule has 4 heterocycles. The van der Waals surface area contributed by atoms with Crippen molar-refractivity contribution in [1.29, 1.82) is 0 Å². The number of aryl methyl sites for hydroxylation is 2. The van der Waals surface area contributed by atoms with Crippen molar-refractivity contribution in [2.75, 3.05) is 18.4 Å². The summed E-state index contributed by atoms with van der Waals surface area (Å²) in [7, 11) is 1.99. The standard InChI is InChI=1S/C30H37N7O/c1-20-7-5-12-37(17-20)18-22-13-25(34-27-21(2)16-31-28(22)27)29(38)33-24-9-4-8-23(14-24)30(10-6-11-30)15-26-35-32-19-36(26)3/h4,8-9,13-14,16,19-20,31H,5-7,10-12,15,17-18H2,1-3H3,(H,33,38)/t20-/m0/s1. The van der Waals surface area contributed by atoms with Gasteiger partial charge in [0.1, 0.15) is 17.8 Å². The van der Waals surface area contributed by atoms with Crippen molar-refractivity contribution in [1.82, 2.24) is 29.6 Å². The molecule has 1 aliphatic carbocycles. The van der Waals surface area contributed by atoms with Crippen molar-refractivity contribution in [3.63, 3.8) is 0 Å². The molecule has 38 heavy (non-hydrogen) atoms. The number of likely N-dealkylation sites (tertiary alicyclic amines) is 1. The fourth-order valence-corrected chi connectivity index (χ4v) is 6.27. The Bertz CT molecular complexity index is 1460. The van der Waals surface area contributed by atoms with E-state index in [-0.39, 0.29) is 11.3 Å². The van der Waals surface area contributed by atoms with Gasteiger partial charge in [0, 0.05) is 43.9 Å². The Morgan fingerprint density at radius 2 is 2.11 bits per heavy atom. The number of benzene rings is 1. The van der Waals surface area contributed by atoms with E-state index in [0.717, 1.165) is 72.6 Å². The van der Waals surface area contributed by atoms with Gasteiger partial charge in [-0.25, -0.2) is 4.98 Å². The number of rotatable bonds is 7. The molecule has 1 atom stereocenters. The largest absolute Gasteiger partial charge is 0.359 e. The van der Waals surface area contributed by atoms with Gasteiger partial charge in [0.25, 0.3) is 5.91 Å². The highest BCUT2D eigenvalue weighted by molar-refractivity contribution is 6.04. The minimum Gasteiger partial charge on any atom is -0.359 e. The lowest BCUT2D eigenvalue weighted by molar-refractivity contribution is 0.102. The van der Waals surface area contributed by atoms with E-state index >= 15 is 0 Å². The van der Waals surface area contributed by atoms with Crippen LogP contribution in [0.5, 0.6) is 0 Å². The number of piperidine rings is 1. The normalized spacial score (nSPS) is 19.4. The molecular formula is C30H37N7O. The van der Waals surface area contributed by atoms with Crippen LogP contribution in [0.25, 0.3) is 11.0 Å². The smallest absolute Gasteiger partial charge is 0.274 e. The molecule has 0 radical (unpaired) electrons. The number of aromatic nitrogens is 5. The number of fused-ring (bicyclic) bond motifs is 1. The van der Waals surface area contributed by atoms with Gasteiger partial charge in [-0.3, -0.25) is 9.69 Å². The maximum absolute atomic E-state index is 13.5. The van der Waals surface area contributed by atoms with E-state index in [9.17, 15) is 4.79 Å². The topological polar surface area (TPSA) is 91.7 Å². The minimum absolute atomic E-state index is 0.0413. The SMILES string of the molecule is Cc1c[nH]c2c(CN3CCC[C@H](C)C3)cc(C(=O)Nc3cccc(C4(Cc5nncn5C)CCC4)c3)nc12. The Balaban J connectivity index is 1.25. The molecule has 8 heteroatoms. The van der Waals surface area contributed by atoms with Crippen LogP contribution < -0.4 is 5.32 Å². The molecule has 0 spiro atoms. The number of H-pyrrole nitrogens is 1. The van der Waals surface area contributed by atoms with Gasteiger partial charge in [0.2, 0.25) is 0 Å². The van der Waals surface area contributed by atoms with Crippen LogP contribution >= 0.6 is 0 Å². The number of aromatic amines is 1. The predicted molar refractivity (Wildman–Crippen MR) is 149 cm³/mol. The maximum atomic E-state index is 13.5. The van der Waals surface area contributed by atoms with E-state index in [1.807, 2.05) is 42.9 Å². The van der Waals surface area contributed by atoms with Crippen molar-refractivity contribution < 1.29 is 4.79 Å². The van der Waals surface area contributed by atoms with E-state index in [2.05, 4.69) is 44.5 Å². The zero-order valence-corrected chi connectivity index (χ0v) is 22.6.